The Kier molecular flexibility index (Phi) is 6.08. The van der Waals surface area contributed by atoms with Gasteiger partial charge < -0.3 is 9.14 Å². The molecule has 7 nitrogen and oxygen atoms in total. The molecule has 0 bridgehead atoms. The Balaban J connectivity index is 1.42. The highest BCUT2D eigenvalue weighted by molar-refractivity contribution is 7.89. The minimum atomic E-state index is -3.54. The summed E-state index contributed by atoms with van der Waals surface area (Å²) in [5.74, 6) is -0.538. The number of fused-ring (bicyclic) bond motifs is 1. The maximum Gasteiger partial charge on any atom is 0.338 e. The number of hydrogen-bond acceptors (Lipinski definition) is 5. The van der Waals surface area contributed by atoms with Gasteiger partial charge in [-0.2, -0.15) is 4.31 Å². The van der Waals surface area contributed by atoms with Gasteiger partial charge in [0.2, 0.25) is 10.0 Å². The van der Waals surface area contributed by atoms with Crippen LogP contribution in [-0.2, 0) is 21.4 Å². The molecule has 1 aliphatic heterocycles. The van der Waals surface area contributed by atoms with Crippen LogP contribution in [0.4, 0.5) is 0 Å². The van der Waals surface area contributed by atoms with E-state index in [1.807, 2.05) is 0 Å². The van der Waals surface area contributed by atoms with E-state index in [2.05, 4.69) is 4.98 Å². The maximum atomic E-state index is 12.8. The van der Waals surface area contributed by atoms with E-state index in [9.17, 15) is 13.2 Å². The number of halogens is 1. The van der Waals surface area contributed by atoms with E-state index in [0.29, 0.717) is 29.5 Å². The van der Waals surface area contributed by atoms with Gasteiger partial charge in [0, 0.05) is 25.5 Å². The van der Waals surface area contributed by atoms with Crippen molar-refractivity contribution in [3.63, 3.8) is 0 Å². The highest BCUT2D eigenvalue weighted by Gasteiger charge is 2.25. The summed E-state index contributed by atoms with van der Waals surface area (Å²) in [4.78, 5) is 16.9. The molecule has 0 saturated carbocycles. The number of pyridine rings is 1. The van der Waals surface area contributed by atoms with Crippen molar-refractivity contribution in [1.82, 2.24) is 13.7 Å². The molecule has 0 aliphatic carbocycles. The summed E-state index contributed by atoms with van der Waals surface area (Å²) in [6.45, 7) is 1.08. The molecule has 0 unspecified atom stereocenters. The molecule has 1 fully saturated rings. The minimum absolute atomic E-state index is 0.00591. The molecule has 0 radical (unpaired) electrons. The quantitative estimate of drug-likeness (QED) is 0.554. The van der Waals surface area contributed by atoms with Crippen molar-refractivity contribution < 1.29 is 17.9 Å². The fourth-order valence-corrected chi connectivity index (χ4v) is 5.19. The SMILES string of the molecule is O=C(OCc1cn2cc(Cl)ccc2n1)c1ccc(S(=O)(=O)N2CCCCCC2)cc1. The Bertz CT molecular complexity index is 1150. The third kappa shape index (κ3) is 4.50. The van der Waals surface area contributed by atoms with Crippen LogP contribution >= 0.6 is 11.6 Å². The summed E-state index contributed by atoms with van der Waals surface area (Å²) in [5, 5.41) is 0.582. The molecule has 1 saturated heterocycles. The fourth-order valence-electron chi connectivity index (χ4n) is 3.50. The zero-order valence-corrected chi connectivity index (χ0v) is 17.9. The number of imidazole rings is 1. The van der Waals surface area contributed by atoms with Gasteiger partial charge in [-0.15, -0.1) is 0 Å². The number of benzene rings is 1. The zero-order chi connectivity index (χ0) is 21.1. The number of rotatable bonds is 5. The third-order valence-corrected chi connectivity index (χ3v) is 7.25. The summed E-state index contributed by atoms with van der Waals surface area (Å²) < 4.78 is 34.3. The molecule has 2 aromatic heterocycles. The molecule has 30 heavy (non-hydrogen) atoms. The van der Waals surface area contributed by atoms with E-state index in [4.69, 9.17) is 16.3 Å². The van der Waals surface area contributed by atoms with Crippen LogP contribution in [0.3, 0.4) is 0 Å². The van der Waals surface area contributed by atoms with Gasteiger partial charge in [0.1, 0.15) is 12.3 Å². The topological polar surface area (TPSA) is 81.0 Å². The first-order chi connectivity index (χ1) is 14.4. The lowest BCUT2D eigenvalue weighted by Gasteiger charge is -2.19. The normalized spacial score (nSPS) is 15.8. The fraction of sp³-hybridized carbons (Fsp3) is 0.333. The van der Waals surface area contributed by atoms with Gasteiger partial charge in [-0.3, -0.25) is 0 Å². The van der Waals surface area contributed by atoms with Crippen LogP contribution < -0.4 is 0 Å². The van der Waals surface area contributed by atoms with Crippen molar-refractivity contribution in [2.75, 3.05) is 13.1 Å². The van der Waals surface area contributed by atoms with Crippen LogP contribution in [0.2, 0.25) is 5.02 Å². The third-order valence-electron chi connectivity index (χ3n) is 5.11. The number of esters is 1. The monoisotopic (exact) mass is 447 g/mol. The number of carbonyl (C=O) groups excluding carboxylic acids is 1. The first kappa shape index (κ1) is 20.8. The Labute approximate surface area is 180 Å². The van der Waals surface area contributed by atoms with Gasteiger partial charge in [0.05, 0.1) is 21.2 Å². The lowest BCUT2D eigenvalue weighted by molar-refractivity contribution is 0.0468. The van der Waals surface area contributed by atoms with Gasteiger partial charge in [0.15, 0.2) is 0 Å². The molecule has 0 N–H and O–H groups in total. The largest absolute Gasteiger partial charge is 0.456 e. The van der Waals surface area contributed by atoms with E-state index < -0.39 is 16.0 Å². The van der Waals surface area contributed by atoms with E-state index in [1.54, 1.807) is 28.9 Å². The average molecular weight is 448 g/mol. The lowest BCUT2D eigenvalue weighted by atomic mass is 10.2. The molecule has 0 atom stereocenters. The number of aromatic nitrogens is 2. The Hall–Kier alpha value is -2.42. The van der Waals surface area contributed by atoms with Crippen molar-refractivity contribution in [3.8, 4) is 0 Å². The lowest BCUT2D eigenvalue weighted by Crippen LogP contribution is -2.31. The highest BCUT2D eigenvalue weighted by Crippen LogP contribution is 2.21. The number of nitrogens with zero attached hydrogens (tertiary/aromatic N) is 3. The molecule has 1 aliphatic rings. The number of carbonyl (C=O) groups is 1. The molecular formula is C21H22ClN3O4S. The molecule has 158 valence electrons. The van der Waals surface area contributed by atoms with Gasteiger partial charge in [-0.25, -0.2) is 18.2 Å². The highest BCUT2D eigenvalue weighted by atomic mass is 35.5. The maximum absolute atomic E-state index is 12.8. The van der Waals surface area contributed by atoms with E-state index in [0.717, 1.165) is 25.7 Å². The van der Waals surface area contributed by atoms with Gasteiger partial charge >= 0.3 is 5.97 Å². The Morgan fingerprint density at radius 3 is 2.40 bits per heavy atom. The van der Waals surface area contributed by atoms with Crippen LogP contribution in [0, 0.1) is 0 Å². The smallest absolute Gasteiger partial charge is 0.338 e. The first-order valence-corrected chi connectivity index (χ1v) is 11.7. The summed E-state index contributed by atoms with van der Waals surface area (Å²) in [5.41, 5.74) is 1.58. The van der Waals surface area contributed by atoms with Crippen LogP contribution in [0.25, 0.3) is 5.65 Å². The summed E-state index contributed by atoms with van der Waals surface area (Å²) >= 11 is 5.96. The summed E-state index contributed by atoms with van der Waals surface area (Å²) in [6, 6.07) is 9.40. The molecule has 0 spiro atoms. The second-order valence-corrected chi connectivity index (χ2v) is 9.64. The zero-order valence-electron chi connectivity index (χ0n) is 16.3. The second kappa shape index (κ2) is 8.75. The molecule has 3 aromatic rings. The Morgan fingerprint density at radius 1 is 1.00 bits per heavy atom. The molecule has 3 heterocycles. The predicted octanol–water partition coefficient (Wildman–Crippen LogP) is 3.91. The van der Waals surface area contributed by atoms with Crippen LogP contribution in [0.1, 0.15) is 41.7 Å². The molecular weight excluding hydrogens is 426 g/mol. The molecule has 9 heteroatoms. The van der Waals surface area contributed by atoms with Crippen LogP contribution in [0.5, 0.6) is 0 Å². The minimum Gasteiger partial charge on any atom is -0.456 e. The number of hydrogen-bond donors (Lipinski definition) is 0. The second-order valence-electron chi connectivity index (χ2n) is 7.26. The average Bonchev–Trinajstić information content (AvgIpc) is 2.94. The van der Waals surface area contributed by atoms with Crippen LogP contribution in [0.15, 0.2) is 53.7 Å². The van der Waals surface area contributed by atoms with Gasteiger partial charge in [0.25, 0.3) is 0 Å². The predicted molar refractivity (Wildman–Crippen MR) is 113 cm³/mol. The van der Waals surface area contributed by atoms with E-state index >= 15 is 0 Å². The van der Waals surface area contributed by atoms with Crippen molar-refractivity contribution in [2.24, 2.45) is 0 Å². The number of sulfonamides is 1. The first-order valence-electron chi connectivity index (χ1n) is 9.84. The van der Waals surface area contributed by atoms with Gasteiger partial charge in [-0.1, -0.05) is 24.4 Å². The summed E-state index contributed by atoms with van der Waals surface area (Å²) in [7, 11) is -3.54. The molecule has 1 aromatic carbocycles. The van der Waals surface area contributed by atoms with Crippen molar-refractivity contribution in [2.45, 2.75) is 37.2 Å². The van der Waals surface area contributed by atoms with E-state index in [1.165, 1.54) is 28.6 Å². The van der Waals surface area contributed by atoms with Gasteiger partial charge in [-0.05, 0) is 49.2 Å². The van der Waals surface area contributed by atoms with Crippen LogP contribution in [-0.4, -0.2) is 41.2 Å². The van der Waals surface area contributed by atoms with Crippen molar-refractivity contribution in [1.29, 1.82) is 0 Å². The summed E-state index contributed by atoms with van der Waals surface area (Å²) in [6.07, 6.45) is 7.31. The Morgan fingerprint density at radius 2 is 1.70 bits per heavy atom. The van der Waals surface area contributed by atoms with Crippen molar-refractivity contribution in [3.05, 3.63) is 65.1 Å². The number of ether oxygens (including phenoxy) is 1. The molecule has 0 amide bonds. The standard InChI is InChI=1S/C21H22ClN3O4S/c22-17-7-10-20-23-18(14-24(20)13-17)15-29-21(26)16-5-8-19(9-6-16)30(27,28)25-11-3-1-2-4-12-25/h5-10,13-14H,1-4,11-12,15H2. The molecule has 4 rings (SSSR count). The van der Waals surface area contributed by atoms with E-state index in [-0.39, 0.29) is 17.1 Å². The van der Waals surface area contributed by atoms with Crippen molar-refractivity contribution >= 4 is 33.2 Å².